The summed E-state index contributed by atoms with van der Waals surface area (Å²) in [5.41, 5.74) is 2.54. The Hall–Kier alpha value is -1.61. The topological polar surface area (TPSA) is 38.1 Å². The highest BCUT2D eigenvalue weighted by Crippen LogP contribution is 2.22. The second kappa shape index (κ2) is 5.57. The fourth-order valence-electron chi connectivity index (χ4n) is 2.46. The molecule has 1 unspecified atom stereocenters. The molecule has 3 heteroatoms. The van der Waals surface area contributed by atoms with Crippen LogP contribution in [0.1, 0.15) is 30.3 Å². The number of rotatable bonds is 5. The molecule has 0 saturated carbocycles. The average Bonchev–Trinajstić information content (AvgIpc) is 2.69. The summed E-state index contributed by atoms with van der Waals surface area (Å²) in [4.78, 5) is 0. The third-order valence-corrected chi connectivity index (χ3v) is 3.64. The van der Waals surface area contributed by atoms with Crippen molar-refractivity contribution in [2.75, 3.05) is 0 Å². The smallest absolute Gasteiger partial charge is 0.0740 e. The van der Waals surface area contributed by atoms with E-state index in [0.29, 0.717) is 12.8 Å². The molecule has 1 atom stereocenters. The molecule has 0 bridgehead atoms. The summed E-state index contributed by atoms with van der Waals surface area (Å²) in [6.07, 6.45) is 2.04. The lowest BCUT2D eigenvalue weighted by molar-refractivity contribution is 0.0350. The number of hydrogen-bond acceptors (Lipinski definition) is 2. The highest BCUT2D eigenvalue weighted by atomic mass is 16.3. The van der Waals surface area contributed by atoms with Crippen LogP contribution in [0.15, 0.2) is 36.4 Å². The molecule has 0 radical (unpaired) electrons. The molecule has 19 heavy (non-hydrogen) atoms. The molecular weight excluding hydrogens is 236 g/mol. The Morgan fingerprint density at radius 2 is 1.89 bits per heavy atom. The number of nitrogens with zero attached hydrogens (tertiary/aromatic N) is 2. The van der Waals surface area contributed by atoms with Crippen molar-refractivity contribution < 1.29 is 5.11 Å². The van der Waals surface area contributed by atoms with Gasteiger partial charge in [0.2, 0.25) is 0 Å². The van der Waals surface area contributed by atoms with Gasteiger partial charge in [-0.05, 0) is 25.0 Å². The van der Waals surface area contributed by atoms with Gasteiger partial charge in [-0.1, -0.05) is 37.3 Å². The summed E-state index contributed by atoms with van der Waals surface area (Å²) in [7, 11) is 1.93. The lowest BCUT2D eigenvalue weighted by Gasteiger charge is -2.27. The van der Waals surface area contributed by atoms with E-state index in [-0.39, 0.29) is 0 Å². The monoisotopic (exact) mass is 258 g/mol. The van der Waals surface area contributed by atoms with Crippen molar-refractivity contribution in [3.8, 4) is 0 Å². The minimum atomic E-state index is -0.707. The van der Waals surface area contributed by atoms with Crippen LogP contribution < -0.4 is 0 Å². The number of aryl methyl sites for hydroxylation is 2. The van der Waals surface area contributed by atoms with Crippen LogP contribution in [-0.2, 0) is 19.9 Å². The Bertz CT molecular complexity index is 533. The van der Waals surface area contributed by atoms with Crippen LogP contribution in [0.3, 0.4) is 0 Å². The molecule has 0 spiro atoms. The van der Waals surface area contributed by atoms with Crippen LogP contribution >= 0.6 is 0 Å². The summed E-state index contributed by atoms with van der Waals surface area (Å²) >= 11 is 0. The highest BCUT2D eigenvalue weighted by Gasteiger charge is 2.27. The predicted molar refractivity (Wildman–Crippen MR) is 77.0 cm³/mol. The van der Waals surface area contributed by atoms with Gasteiger partial charge in [-0.2, -0.15) is 5.10 Å². The molecule has 0 aliphatic rings. The zero-order valence-electron chi connectivity index (χ0n) is 11.9. The Kier molecular flexibility index (Phi) is 4.05. The van der Waals surface area contributed by atoms with Crippen molar-refractivity contribution in [3.05, 3.63) is 53.3 Å². The van der Waals surface area contributed by atoms with E-state index in [1.807, 2.05) is 49.8 Å². The minimum absolute atomic E-state index is 0.635. The summed E-state index contributed by atoms with van der Waals surface area (Å²) in [6.45, 7) is 4.01. The Morgan fingerprint density at radius 3 is 2.42 bits per heavy atom. The maximum absolute atomic E-state index is 10.8. The number of hydrogen-bond donors (Lipinski definition) is 1. The van der Waals surface area contributed by atoms with Gasteiger partial charge in [0.1, 0.15) is 0 Å². The number of benzene rings is 1. The standard InChI is InChI=1S/C16H22N2O/c1-4-16(19,11-14-8-6-5-7-9-14)12-15-10-13(2)17-18(15)3/h5-10,19H,4,11-12H2,1-3H3. The Morgan fingerprint density at radius 1 is 1.21 bits per heavy atom. The average molecular weight is 258 g/mol. The van der Waals surface area contributed by atoms with E-state index in [1.165, 1.54) is 5.56 Å². The minimum Gasteiger partial charge on any atom is -0.389 e. The van der Waals surface area contributed by atoms with Crippen molar-refractivity contribution in [2.45, 2.75) is 38.7 Å². The normalized spacial score (nSPS) is 14.3. The van der Waals surface area contributed by atoms with E-state index in [9.17, 15) is 5.11 Å². The third kappa shape index (κ3) is 3.44. The van der Waals surface area contributed by atoms with Crippen LogP contribution in [0.5, 0.6) is 0 Å². The largest absolute Gasteiger partial charge is 0.389 e. The van der Waals surface area contributed by atoms with Crippen molar-refractivity contribution in [1.82, 2.24) is 9.78 Å². The first-order chi connectivity index (χ1) is 9.02. The molecule has 2 aromatic rings. The van der Waals surface area contributed by atoms with Crippen LogP contribution in [0.4, 0.5) is 0 Å². The van der Waals surface area contributed by atoms with Gasteiger partial charge in [0.05, 0.1) is 11.3 Å². The van der Waals surface area contributed by atoms with Crippen molar-refractivity contribution in [1.29, 1.82) is 0 Å². The fraction of sp³-hybridized carbons (Fsp3) is 0.438. The first-order valence-electron chi connectivity index (χ1n) is 6.78. The highest BCUT2D eigenvalue weighted by molar-refractivity contribution is 5.19. The van der Waals surface area contributed by atoms with E-state index >= 15 is 0 Å². The van der Waals surface area contributed by atoms with Gasteiger partial charge >= 0.3 is 0 Å². The molecule has 1 heterocycles. The summed E-state index contributed by atoms with van der Waals surface area (Å²) < 4.78 is 1.86. The molecule has 0 saturated heterocycles. The Labute approximate surface area is 114 Å². The number of aromatic nitrogens is 2. The summed E-state index contributed by atoms with van der Waals surface area (Å²) in [5, 5.41) is 15.2. The van der Waals surface area contributed by atoms with E-state index in [0.717, 1.165) is 17.8 Å². The van der Waals surface area contributed by atoms with Gasteiger partial charge in [-0.3, -0.25) is 4.68 Å². The van der Waals surface area contributed by atoms with E-state index < -0.39 is 5.60 Å². The molecule has 102 valence electrons. The molecule has 0 amide bonds. The zero-order valence-corrected chi connectivity index (χ0v) is 11.9. The van der Waals surface area contributed by atoms with Crippen LogP contribution in [0.2, 0.25) is 0 Å². The quantitative estimate of drug-likeness (QED) is 0.895. The van der Waals surface area contributed by atoms with Crippen molar-refractivity contribution in [3.63, 3.8) is 0 Å². The van der Waals surface area contributed by atoms with E-state index in [2.05, 4.69) is 17.2 Å². The first-order valence-corrected chi connectivity index (χ1v) is 6.78. The SMILES string of the molecule is CCC(O)(Cc1ccccc1)Cc1cc(C)nn1C. The predicted octanol–water partition coefficient (Wildman–Crippen LogP) is 2.65. The Balaban J connectivity index is 2.16. The summed E-state index contributed by atoms with van der Waals surface area (Å²) in [6, 6.07) is 12.2. The maximum Gasteiger partial charge on any atom is 0.0740 e. The third-order valence-electron chi connectivity index (χ3n) is 3.64. The molecule has 0 fully saturated rings. The van der Waals surface area contributed by atoms with Crippen LogP contribution in [-0.4, -0.2) is 20.5 Å². The molecule has 1 N–H and O–H groups in total. The molecule has 2 rings (SSSR count). The van der Waals surface area contributed by atoms with E-state index in [4.69, 9.17) is 0 Å². The number of aliphatic hydroxyl groups is 1. The molecule has 0 aliphatic carbocycles. The zero-order chi connectivity index (χ0) is 13.9. The second-order valence-corrected chi connectivity index (χ2v) is 5.32. The van der Waals surface area contributed by atoms with Crippen molar-refractivity contribution >= 4 is 0 Å². The van der Waals surface area contributed by atoms with Crippen LogP contribution in [0, 0.1) is 6.92 Å². The first kappa shape index (κ1) is 13.8. The van der Waals surface area contributed by atoms with E-state index in [1.54, 1.807) is 0 Å². The fourth-order valence-corrected chi connectivity index (χ4v) is 2.46. The molecular formula is C16H22N2O. The van der Waals surface area contributed by atoms with Crippen molar-refractivity contribution in [2.24, 2.45) is 7.05 Å². The van der Waals surface area contributed by atoms with Gasteiger partial charge in [0.15, 0.2) is 0 Å². The molecule has 1 aromatic heterocycles. The molecule has 0 aliphatic heterocycles. The van der Waals surface area contributed by atoms with Gasteiger partial charge in [0, 0.05) is 25.6 Å². The molecule has 1 aromatic carbocycles. The lowest BCUT2D eigenvalue weighted by Crippen LogP contribution is -2.34. The van der Waals surface area contributed by atoms with Gasteiger partial charge < -0.3 is 5.11 Å². The lowest BCUT2D eigenvalue weighted by atomic mass is 9.87. The second-order valence-electron chi connectivity index (χ2n) is 5.32. The van der Waals surface area contributed by atoms with Gasteiger partial charge in [-0.25, -0.2) is 0 Å². The van der Waals surface area contributed by atoms with Gasteiger partial charge in [-0.15, -0.1) is 0 Å². The summed E-state index contributed by atoms with van der Waals surface area (Å²) in [5.74, 6) is 0. The maximum atomic E-state index is 10.8. The molecule has 3 nitrogen and oxygen atoms in total. The van der Waals surface area contributed by atoms with Gasteiger partial charge in [0.25, 0.3) is 0 Å². The van der Waals surface area contributed by atoms with Crippen LogP contribution in [0.25, 0.3) is 0 Å².